The quantitative estimate of drug-likeness (QED) is 0.306. The summed E-state index contributed by atoms with van der Waals surface area (Å²) in [4.78, 5) is 4.74. The molecule has 29 heavy (non-hydrogen) atoms. The zero-order chi connectivity index (χ0) is 20.1. The van der Waals surface area contributed by atoms with Gasteiger partial charge in [-0.1, -0.05) is 53.5 Å². The molecule has 0 radical (unpaired) electrons. The maximum Gasteiger partial charge on any atom is 0.148 e. The van der Waals surface area contributed by atoms with Crippen molar-refractivity contribution in [2.45, 2.75) is 19.6 Å². The molecule has 1 heterocycles. The first kappa shape index (κ1) is 19.6. The van der Waals surface area contributed by atoms with E-state index in [9.17, 15) is 0 Å². The number of benzene rings is 3. The molecular weight excluding hydrogens is 407 g/mol. The summed E-state index contributed by atoms with van der Waals surface area (Å²) >= 11 is 12.2. The number of para-hydroxylation sites is 3. The zero-order valence-electron chi connectivity index (χ0n) is 15.7. The largest absolute Gasteiger partial charge is 0.494 e. The first-order chi connectivity index (χ1) is 14.2. The second-order valence-electron chi connectivity index (χ2n) is 6.55. The molecule has 0 spiro atoms. The van der Waals surface area contributed by atoms with Crippen molar-refractivity contribution in [2.75, 3.05) is 6.61 Å². The van der Waals surface area contributed by atoms with Crippen molar-refractivity contribution in [3.05, 3.63) is 88.7 Å². The molecule has 0 fully saturated rings. The highest BCUT2D eigenvalue weighted by atomic mass is 35.5. The van der Waals surface area contributed by atoms with Crippen LogP contribution in [0.25, 0.3) is 11.0 Å². The van der Waals surface area contributed by atoms with Crippen LogP contribution in [0.2, 0.25) is 10.0 Å². The Morgan fingerprint density at radius 1 is 0.862 bits per heavy atom. The van der Waals surface area contributed by atoms with Gasteiger partial charge in [-0.25, -0.2) is 4.98 Å². The van der Waals surface area contributed by atoms with Gasteiger partial charge in [0.2, 0.25) is 0 Å². The first-order valence-electron chi connectivity index (χ1n) is 9.40. The summed E-state index contributed by atoms with van der Waals surface area (Å²) in [5.41, 5.74) is 2.02. The minimum Gasteiger partial charge on any atom is -0.494 e. The van der Waals surface area contributed by atoms with Crippen molar-refractivity contribution in [2.24, 2.45) is 0 Å². The van der Waals surface area contributed by atoms with E-state index in [1.165, 1.54) is 0 Å². The number of hydrogen-bond acceptors (Lipinski definition) is 3. The predicted octanol–water partition coefficient (Wildman–Crippen LogP) is 6.39. The summed E-state index contributed by atoms with van der Waals surface area (Å²) in [5, 5.41) is 1.06. The Bertz CT molecular complexity index is 1100. The lowest BCUT2D eigenvalue weighted by molar-refractivity contribution is 0.280. The number of fused-ring (bicyclic) bond motifs is 1. The molecule has 0 N–H and O–H groups in total. The monoisotopic (exact) mass is 426 g/mol. The van der Waals surface area contributed by atoms with Crippen LogP contribution >= 0.6 is 23.2 Å². The minimum atomic E-state index is 0.315. The summed E-state index contributed by atoms with van der Waals surface area (Å²) in [6.45, 7) is 1.72. The summed E-state index contributed by atoms with van der Waals surface area (Å²) in [6.07, 6.45) is 0.851. The molecule has 148 valence electrons. The fraction of sp³-hybridized carbons (Fsp3) is 0.174. The Kier molecular flexibility index (Phi) is 6.23. The van der Waals surface area contributed by atoms with Crippen LogP contribution in [0.15, 0.2) is 72.8 Å². The highest BCUT2D eigenvalue weighted by Gasteiger charge is 2.12. The van der Waals surface area contributed by atoms with Crippen LogP contribution in [0.4, 0.5) is 0 Å². The third-order valence-electron chi connectivity index (χ3n) is 4.52. The van der Waals surface area contributed by atoms with E-state index in [1.54, 1.807) is 18.2 Å². The molecule has 0 saturated carbocycles. The van der Waals surface area contributed by atoms with Gasteiger partial charge in [-0.15, -0.1) is 0 Å². The van der Waals surface area contributed by atoms with Crippen molar-refractivity contribution in [1.29, 1.82) is 0 Å². The highest BCUT2D eigenvalue weighted by molar-refractivity contribution is 6.35. The highest BCUT2D eigenvalue weighted by Crippen LogP contribution is 2.28. The predicted molar refractivity (Wildman–Crippen MR) is 117 cm³/mol. The molecule has 4 nitrogen and oxygen atoms in total. The van der Waals surface area contributed by atoms with E-state index in [0.29, 0.717) is 29.0 Å². The molecule has 0 saturated heterocycles. The molecule has 3 aromatic carbocycles. The van der Waals surface area contributed by atoms with Crippen molar-refractivity contribution in [1.82, 2.24) is 9.55 Å². The molecule has 0 aliphatic heterocycles. The van der Waals surface area contributed by atoms with Gasteiger partial charge in [0.25, 0.3) is 0 Å². The van der Waals surface area contributed by atoms with Gasteiger partial charge in [0.1, 0.15) is 23.9 Å². The number of imidazole rings is 1. The lowest BCUT2D eigenvalue weighted by Crippen LogP contribution is -2.10. The number of hydrogen-bond donors (Lipinski definition) is 0. The third-order valence-corrected chi connectivity index (χ3v) is 5.05. The van der Waals surface area contributed by atoms with E-state index in [2.05, 4.69) is 10.6 Å². The molecule has 1 aromatic heterocycles. The Labute approximate surface area is 179 Å². The van der Waals surface area contributed by atoms with E-state index in [1.807, 2.05) is 48.5 Å². The average Bonchev–Trinajstić information content (AvgIpc) is 3.09. The van der Waals surface area contributed by atoms with Crippen LogP contribution in [0.1, 0.15) is 12.2 Å². The molecule has 0 unspecified atom stereocenters. The third kappa shape index (κ3) is 4.84. The van der Waals surface area contributed by atoms with Gasteiger partial charge in [0.15, 0.2) is 0 Å². The smallest absolute Gasteiger partial charge is 0.148 e. The maximum atomic E-state index is 6.22. The van der Waals surface area contributed by atoms with Gasteiger partial charge in [-0.3, -0.25) is 0 Å². The zero-order valence-corrected chi connectivity index (χ0v) is 17.2. The lowest BCUT2D eigenvalue weighted by atomic mass is 10.3. The van der Waals surface area contributed by atoms with Crippen molar-refractivity contribution in [3.63, 3.8) is 0 Å². The topological polar surface area (TPSA) is 36.3 Å². The first-order valence-corrected chi connectivity index (χ1v) is 10.2. The van der Waals surface area contributed by atoms with E-state index in [4.69, 9.17) is 37.7 Å². The number of aromatic nitrogens is 2. The molecule has 4 rings (SSSR count). The molecular formula is C23H20Cl2N2O2. The molecule has 0 atom stereocenters. The molecule has 0 aliphatic carbocycles. The van der Waals surface area contributed by atoms with Crippen LogP contribution in [0.5, 0.6) is 11.5 Å². The number of nitrogens with zero attached hydrogens (tertiary/aromatic N) is 2. The molecule has 0 aliphatic rings. The van der Waals surface area contributed by atoms with Gasteiger partial charge in [-0.2, -0.15) is 0 Å². The average molecular weight is 427 g/mol. The van der Waals surface area contributed by atoms with Crippen LogP contribution in [0, 0.1) is 0 Å². The Morgan fingerprint density at radius 3 is 2.48 bits per heavy atom. The van der Waals surface area contributed by atoms with Crippen molar-refractivity contribution < 1.29 is 9.47 Å². The summed E-state index contributed by atoms with van der Waals surface area (Å²) < 4.78 is 13.9. The summed E-state index contributed by atoms with van der Waals surface area (Å²) in [5.74, 6) is 2.31. The molecule has 0 amide bonds. The van der Waals surface area contributed by atoms with Crippen LogP contribution < -0.4 is 9.47 Å². The van der Waals surface area contributed by atoms with Crippen molar-refractivity contribution >= 4 is 34.2 Å². The van der Waals surface area contributed by atoms with E-state index < -0.39 is 0 Å². The standard InChI is InChI=1S/C23H20Cl2N2O2/c24-17-11-12-22(19(25)15-17)29-16-23-26-20-9-4-5-10-21(20)27(23)13-6-14-28-18-7-2-1-3-8-18/h1-5,7-12,15H,6,13-14,16H2. The summed E-state index contributed by atoms with van der Waals surface area (Å²) in [6, 6.07) is 23.1. The van der Waals surface area contributed by atoms with Crippen LogP contribution in [-0.2, 0) is 13.2 Å². The Morgan fingerprint density at radius 2 is 1.66 bits per heavy atom. The van der Waals surface area contributed by atoms with E-state index in [-0.39, 0.29) is 0 Å². The number of rotatable bonds is 8. The SMILES string of the molecule is Clc1ccc(OCc2nc3ccccc3n2CCCOc2ccccc2)c(Cl)c1. The van der Waals surface area contributed by atoms with E-state index in [0.717, 1.165) is 35.6 Å². The summed E-state index contributed by atoms with van der Waals surface area (Å²) in [7, 11) is 0. The molecule has 6 heteroatoms. The number of aryl methyl sites for hydroxylation is 1. The number of halogens is 2. The second-order valence-corrected chi connectivity index (χ2v) is 7.39. The Balaban J connectivity index is 1.46. The van der Waals surface area contributed by atoms with Gasteiger partial charge in [-0.05, 0) is 48.9 Å². The van der Waals surface area contributed by atoms with Gasteiger partial charge < -0.3 is 14.0 Å². The van der Waals surface area contributed by atoms with Gasteiger partial charge in [0, 0.05) is 11.6 Å². The van der Waals surface area contributed by atoms with Crippen LogP contribution in [0.3, 0.4) is 0 Å². The van der Waals surface area contributed by atoms with Crippen LogP contribution in [-0.4, -0.2) is 16.2 Å². The molecule has 4 aromatic rings. The number of ether oxygens (including phenoxy) is 2. The van der Waals surface area contributed by atoms with Gasteiger partial charge in [0.05, 0.1) is 22.7 Å². The fourth-order valence-electron chi connectivity index (χ4n) is 3.15. The minimum absolute atomic E-state index is 0.315. The van der Waals surface area contributed by atoms with E-state index >= 15 is 0 Å². The fourth-order valence-corrected chi connectivity index (χ4v) is 3.61. The maximum absolute atomic E-state index is 6.22. The second kappa shape index (κ2) is 9.21. The lowest BCUT2D eigenvalue weighted by Gasteiger charge is -2.12. The molecule has 0 bridgehead atoms. The van der Waals surface area contributed by atoms with Crippen molar-refractivity contribution in [3.8, 4) is 11.5 Å². The van der Waals surface area contributed by atoms with Gasteiger partial charge >= 0.3 is 0 Å². The normalized spacial score (nSPS) is 11.0. The Hall–Kier alpha value is -2.69.